The number of nitrogens with zero attached hydrogens (tertiary/aromatic N) is 2. The van der Waals surface area contributed by atoms with Crippen molar-refractivity contribution in [2.75, 3.05) is 16.8 Å². The number of hydrogen-bond acceptors (Lipinski definition) is 5. The van der Waals surface area contributed by atoms with E-state index in [9.17, 15) is 10.1 Å². The predicted molar refractivity (Wildman–Crippen MR) is 64.9 cm³/mol. The molecular formula is C10H13N3O2S. The minimum atomic E-state index is -0.486. The minimum Gasteiger partial charge on any atom is -0.378 e. The van der Waals surface area contributed by atoms with Gasteiger partial charge in [0.05, 0.1) is 5.69 Å². The van der Waals surface area contributed by atoms with Crippen molar-refractivity contribution in [2.24, 2.45) is 0 Å². The number of aromatic nitrogens is 1. The summed E-state index contributed by atoms with van der Waals surface area (Å²) in [5.74, 6) is 2.22. The molecule has 0 bridgehead atoms. The van der Waals surface area contributed by atoms with Crippen LogP contribution in [0, 0.1) is 10.1 Å². The molecule has 0 radical (unpaired) electrons. The molecule has 2 rings (SSSR count). The first-order valence-electron chi connectivity index (χ1n) is 5.20. The van der Waals surface area contributed by atoms with Crippen molar-refractivity contribution in [3.8, 4) is 0 Å². The topological polar surface area (TPSA) is 68.1 Å². The maximum absolute atomic E-state index is 10.4. The van der Waals surface area contributed by atoms with Crippen molar-refractivity contribution in [3.05, 3.63) is 28.4 Å². The summed E-state index contributed by atoms with van der Waals surface area (Å²) >= 11 is 1.94. The van der Waals surface area contributed by atoms with Gasteiger partial charge in [-0.25, -0.2) is 0 Å². The van der Waals surface area contributed by atoms with Crippen molar-refractivity contribution in [1.82, 2.24) is 4.98 Å². The highest BCUT2D eigenvalue weighted by atomic mass is 32.2. The zero-order chi connectivity index (χ0) is 11.4. The van der Waals surface area contributed by atoms with Crippen molar-refractivity contribution in [3.63, 3.8) is 0 Å². The lowest BCUT2D eigenvalue weighted by atomic mass is 10.2. The van der Waals surface area contributed by atoms with Crippen LogP contribution in [0.2, 0.25) is 0 Å². The zero-order valence-electron chi connectivity index (χ0n) is 8.76. The number of rotatable bonds is 3. The molecule has 86 valence electrons. The van der Waals surface area contributed by atoms with Crippen LogP contribution in [-0.2, 0) is 0 Å². The fourth-order valence-electron chi connectivity index (χ4n) is 1.67. The lowest BCUT2D eigenvalue weighted by Crippen LogP contribution is -2.25. The Kier molecular flexibility index (Phi) is 3.61. The van der Waals surface area contributed by atoms with Crippen LogP contribution in [0.4, 0.5) is 11.5 Å². The summed E-state index contributed by atoms with van der Waals surface area (Å²) < 4.78 is 0. The Morgan fingerprint density at radius 1 is 1.56 bits per heavy atom. The number of thioether (sulfide) groups is 1. The van der Waals surface area contributed by atoms with Crippen LogP contribution < -0.4 is 5.32 Å². The van der Waals surface area contributed by atoms with E-state index < -0.39 is 4.92 Å². The normalized spacial score (nSPS) is 20.4. The lowest BCUT2D eigenvalue weighted by molar-refractivity contribution is -0.389. The Morgan fingerprint density at radius 3 is 3.00 bits per heavy atom. The summed E-state index contributed by atoms with van der Waals surface area (Å²) in [5.41, 5.74) is 0.859. The zero-order valence-corrected chi connectivity index (χ0v) is 9.57. The summed E-state index contributed by atoms with van der Waals surface area (Å²) in [6.45, 7) is 0. The minimum absolute atomic E-state index is 0.108. The molecule has 0 aliphatic carbocycles. The van der Waals surface area contributed by atoms with Gasteiger partial charge in [0.25, 0.3) is 0 Å². The highest BCUT2D eigenvalue weighted by Crippen LogP contribution is 2.21. The second-order valence-corrected chi connectivity index (χ2v) is 4.87. The first-order chi connectivity index (χ1) is 7.75. The molecule has 0 unspecified atom stereocenters. The van der Waals surface area contributed by atoms with E-state index >= 15 is 0 Å². The molecule has 1 saturated heterocycles. The number of nitrogens with one attached hydrogen (secondary N) is 1. The van der Waals surface area contributed by atoms with Crippen molar-refractivity contribution < 1.29 is 4.92 Å². The van der Waals surface area contributed by atoms with E-state index in [1.165, 1.54) is 24.4 Å². The van der Waals surface area contributed by atoms with E-state index in [0.29, 0.717) is 6.04 Å². The molecule has 6 heteroatoms. The molecule has 1 fully saturated rings. The van der Waals surface area contributed by atoms with Crippen molar-refractivity contribution in [1.29, 1.82) is 0 Å². The fraction of sp³-hybridized carbons (Fsp3) is 0.500. The second kappa shape index (κ2) is 5.16. The van der Waals surface area contributed by atoms with Crippen LogP contribution >= 0.6 is 11.8 Å². The molecule has 1 aliphatic heterocycles. The highest BCUT2D eigenvalue weighted by molar-refractivity contribution is 7.99. The Morgan fingerprint density at radius 2 is 2.44 bits per heavy atom. The highest BCUT2D eigenvalue weighted by Gasteiger charge is 2.14. The molecule has 5 nitrogen and oxygen atoms in total. The molecule has 16 heavy (non-hydrogen) atoms. The molecule has 1 aromatic rings. The third-order valence-corrected chi connectivity index (χ3v) is 3.68. The molecule has 0 amide bonds. The monoisotopic (exact) mass is 239 g/mol. The molecule has 0 saturated carbocycles. The maximum atomic E-state index is 10.4. The van der Waals surface area contributed by atoms with E-state index in [4.69, 9.17) is 0 Å². The summed E-state index contributed by atoms with van der Waals surface area (Å²) in [6, 6.07) is 3.60. The van der Waals surface area contributed by atoms with Crippen LogP contribution in [0.3, 0.4) is 0 Å². The van der Waals surface area contributed by atoms with E-state index in [2.05, 4.69) is 10.3 Å². The SMILES string of the molecule is O=[N+]([O-])c1ccc(N[C@@H]2CCCSC2)cn1. The second-order valence-electron chi connectivity index (χ2n) is 3.72. The summed E-state index contributed by atoms with van der Waals surface area (Å²) in [6.07, 6.45) is 3.91. The largest absolute Gasteiger partial charge is 0.378 e. The van der Waals surface area contributed by atoms with Gasteiger partial charge < -0.3 is 15.4 Å². The van der Waals surface area contributed by atoms with Gasteiger partial charge in [-0.2, -0.15) is 11.8 Å². The molecule has 1 atom stereocenters. The molecule has 0 aromatic carbocycles. The van der Waals surface area contributed by atoms with Gasteiger partial charge in [-0.3, -0.25) is 0 Å². The molecule has 2 heterocycles. The van der Waals surface area contributed by atoms with E-state index in [1.807, 2.05) is 11.8 Å². The third-order valence-electron chi connectivity index (χ3n) is 2.47. The van der Waals surface area contributed by atoms with E-state index in [0.717, 1.165) is 17.9 Å². The number of nitro groups is 1. The number of anilines is 1. The smallest absolute Gasteiger partial charge is 0.363 e. The molecule has 0 spiro atoms. The van der Waals surface area contributed by atoms with Crippen LogP contribution in [0.25, 0.3) is 0 Å². The lowest BCUT2D eigenvalue weighted by Gasteiger charge is -2.22. The summed E-state index contributed by atoms with van der Waals surface area (Å²) in [5, 5.41) is 13.8. The summed E-state index contributed by atoms with van der Waals surface area (Å²) in [7, 11) is 0. The summed E-state index contributed by atoms with van der Waals surface area (Å²) in [4.78, 5) is 13.7. The first-order valence-corrected chi connectivity index (χ1v) is 6.36. The van der Waals surface area contributed by atoms with Crippen molar-refractivity contribution in [2.45, 2.75) is 18.9 Å². The van der Waals surface area contributed by atoms with Crippen molar-refractivity contribution >= 4 is 23.3 Å². The Balaban J connectivity index is 1.96. The van der Waals surface area contributed by atoms with E-state index in [1.54, 1.807) is 6.07 Å². The van der Waals surface area contributed by atoms with Gasteiger partial charge in [-0.1, -0.05) is 0 Å². The van der Waals surface area contributed by atoms with Crippen LogP contribution in [0.5, 0.6) is 0 Å². The Labute approximate surface area is 97.8 Å². The predicted octanol–water partition coefficient (Wildman–Crippen LogP) is 2.30. The number of hydrogen-bond donors (Lipinski definition) is 1. The van der Waals surface area contributed by atoms with Gasteiger partial charge in [-0.15, -0.1) is 0 Å². The standard InChI is InChI=1S/C10H13N3O2S/c14-13(15)10-4-3-8(6-11-10)12-9-2-1-5-16-7-9/h3-4,6,9,12H,1-2,5,7H2/t9-/m1/s1. The number of pyridine rings is 1. The molecule has 1 N–H and O–H groups in total. The van der Waals surface area contributed by atoms with Crippen LogP contribution in [-0.4, -0.2) is 27.5 Å². The quantitative estimate of drug-likeness (QED) is 0.647. The van der Waals surface area contributed by atoms with Gasteiger partial charge in [0.2, 0.25) is 0 Å². The molecular weight excluding hydrogens is 226 g/mol. The Hall–Kier alpha value is -1.30. The average molecular weight is 239 g/mol. The maximum Gasteiger partial charge on any atom is 0.363 e. The van der Waals surface area contributed by atoms with Gasteiger partial charge >= 0.3 is 5.82 Å². The molecule has 1 aromatic heterocycles. The van der Waals surface area contributed by atoms with Gasteiger partial charge in [-0.05, 0) is 34.6 Å². The first kappa shape index (κ1) is 11.2. The van der Waals surface area contributed by atoms with Gasteiger partial charge in [0, 0.05) is 17.9 Å². The fourth-order valence-corrected chi connectivity index (χ4v) is 2.74. The third kappa shape index (κ3) is 2.85. The van der Waals surface area contributed by atoms with Crippen LogP contribution in [0.1, 0.15) is 12.8 Å². The van der Waals surface area contributed by atoms with Gasteiger partial charge in [0.1, 0.15) is 0 Å². The van der Waals surface area contributed by atoms with E-state index in [-0.39, 0.29) is 5.82 Å². The van der Waals surface area contributed by atoms with Crippen LogP contribution in [0.15, 0.2) is 18.3 Å². The van der Waals surface area contributed by atoms with Gasteiger partial charge in [0.15, 0.2) is 6.20 Å². The Bertz CT molecular complexity index is 363. The molecule has 1 aliphatic rings. The average Bonchev–Trinajstić information content (AvgIpc) is 2.31.